The fourth-order valence-corrected chi connectivity index (χ4v) is 2.21. The van der Waals surface area contributed by atoms with Crippen molar-refractivity contribution in [2.45, 2.75) is 0 Å². The molecular weight excluding hydrogens is 280 g/mol. The number of ether oxygens (including phenoxy) is 3. The van der Waals surface area contributed by atoms with Crippen LogP contribution in [0, 0.1) is 0 Å². The summed E-state index contributed by atoms with van der Waals surface area (Å²) < 4.78 is 16.1. The van der Waals surface area contributed by atoms with Crippen molar-refractivity contribution in [2.24, 2.45) is 0 Å². The van der Waals surface area contributed by atoms with E-state index < -0.39 is 0 Å². The highest BCUT2D eigenvalue weighted by Crippen LogP contribution is 2.31. The third-order valence-electron chi connectivity index (χ3n) is 3.35. The maximum absolute atomic E-state index is 12.2. The van der Waals surface area contributed by atoms with Crippen LogP contribution in [-0.2, 0) is 0 Å². The number of allylic oxidation sites excluding steroid dienone is 1. The second kappa shape index (κ2) is 6.35. The summed E-state index contributed by atoms with van der Waals surface area (Å²) in [5.74, 6) is 2.04. The summed E-state index contributed by atoms with van der Waals surface area (Å²) in [6, 6.07) is 12.7. The molecule has 0 N–H and O–H groups in total. The minimum absolute atomic E-state index is 0.0752. The number of carbonyl (C=O) groups is 1. The van der Waals surface area contributed by atoms with Crippen molar-refractivity contribution >= 4 is 11.9 Å². The summed E-state index contributed by atoms with van der Waals surface area (Å²) in [6.07, 6.45) is 3.31. The third kappa shape index (κ3) is 3.11. The number of rotatable bonds is 4. The molecular formula is C18H16O4. The van der Waals surface area contributed by atoms with Crippen molar-refractivity contribution in [3.8, 4) is 17.2 Å². The molecule has 112 valence electrons. The van der Waals surface area contributed by atoms with E-state index in [0.29, 0.717) is 30.3 Å². The molecule has 0 fully saturated rings. The smallest absolute Gasteiger partial charge is 0.185 e. The lowest BCUT2D eigenvalue weighted by Crippen LogP contribution is -2.15. The maximum Gasteiger partial charge on any atom is 0.185 e. The van der Waals surface area contributed by atoms with Gasteiger partial charge in [-0.25, -0.2) is 0 Å². The predicted molar refractivity (Wildman–Crippen MR) is 83.8 cm³/mol. The fourth-order valence-electron chi connectivity index (χ4n) is 2.21. The van der Waals surface area contributed by atoms with E-state index in [9.17, 15) is 4.79 Å². The Bertz CT molecular complexity index is 719. The van der Waals surface area contributed by atoms with Crippen LogP contribution in [0.15, 0.2) is 48.5 Å². The number of ketones is 1. The monoisotopic (exact) mass is 296 g/mol. The van der Waals surface area contributed by atoms with Gasteiger partial charge in [-0.2, -0.15) is 0 Å². The van der Waals surface area contributed by atoms with Crippen molar-refractivity contribution < 1.29 is 19.0 Å². The van der Waals surface area contributed by atoms with Gasteiger partial charge in [0.1, 0.15) is 19.0 Å². The topological polar surface area (TPSA) is 44.8 Å². The molecule has 0 bridgehead atoms. The number of carbonyl (C=O) groups excluding carboxylic acids is 1. The van der Waals surface area contributed by atoms with E-state index in [1.165, 1.54) is 0 Å². The molecule has 0 atom stereocenters. The van der Waals surface area contributed by atoms with E-state index in [0.717, 1.165) is 11.3 Å². The van der Waals surface area contributed by atoms with E-state index in [1.807, 2.05) is 18.2 Å². The van der Waals surface area contributed by atoms with Gasteiger partial charge in [0.25, 0.3) is 0 Å². The molecule has 0 radical (unpaired) electrons. The Morgan fingerprint density at radius 2 is 1.91 bits per heavy atom. The summed E-state index contributed by atoms with van der Waals surface area (Å²) in [7, 11) is 1.58. The lowest BCUT2D eigenvalue weighted by atomic mass is 10.1. The Balaban J connectivity index is 1.77. The van der Waals surface area contributed by atoms with Gasteiger partial charge in [0.2, 0.25) is 0 Å². The van der Waals surface area contributed by atoms with Crippen LogP contribution in [0.4, 0.5) is 0 Å². The highest BCUT2D eigenvalue weighted by molar-refractivity contribution is 6.07. The molecule has 4 heteroatoms. The van der Waals surface area contributed by atoms with Crippen molar-refractivity contribution in [3.05, 3.63) is 59.7 Å². The van der Waals surface area contributed by atoms with E-state index in [1.54, 1.807) is 43.5 Å². The van der Waals surface area contributed by atoms with Crippen LogP contribution in [0.1, 0.15) is 15.9 Å². The first-order valence-electron chi connectivity index (χ1n) is 7.02. The zero-order chi connectivity index (χ0) is 15.4. The molecule has 22 heavy (non-hydrogen) atoms. The van der Waals surface area contributed by atoms with Crippen molar-refractivity contribution in [3.63, 3.8) is 0 Å². The molecule has 0 aliphatic carbocycles. The zero-order valence-corrected chi connectivity index (χ0v) is 12.2. The van der Waals surface area contributed by atoms with Crippen LogP contribution in [-0.4, -0.2) is 26.1 Å². The highest BCUT2D eigenvalue weighted by Gasteiger charge is 2.11. The minimum atomic E-state index is -0.0752. The van der Waals surface area contributed by atoms with Gasteiger partial charge in [-0.15, -0.1) is 0 Å². The van der Waals surface area contributed by atoms with Crippen molar-refractivity contribution in [2.75, 3.05) is 20.3 Å². The van der Waals surface area contributed by atoms with Gasteiger partial charge in [0.05, 0.1) is 7.11 Å². The SMILES string of the molecule is COc1cccc(C(=O)/C=C/c2ccc3c(c2)OCCO3)c1. The average molecular weight is 296 g/mol. The van der Waals surface area contributed by atoms with Gasteiger partial charge in [0.15, 0.2) is 17.3 Å². The summed E-state index contributed by atoms with van der Waals surface area (Å²) >= 11 is 0. The second-order valence-electron chi connectivity index (χ2n) is 4.83. The van der Waals surface area contributed by atoms with Crippen LogP contribution in [0.5, 0.6) is 17.2 Å². The highest BCUT2D eigenvalue weighted by atomic mass is 16.6. The summed E-state index contributed by atoms with van der Waals surface area (Å²) in [6.45, 7) is 1.11. The van der Waals surface area contributed by atoms with E-state index in [4.69, 9.17) is 14.2 Å². The zero-order valence-electron chi connectivity index (χ0n) is 12.2. The maximum atomic E-state index is 12.2. The molecule has 3 rings (SSSR count). The van der Waals surface area contributed by atoms with E-state index >= 15 is 0 Å². The third-order valence-corrected chi connectivity index (χ3v) is 3.35. The second-order valence-corrected chi connectivity index (χ2v) is 4.83. The van der Waals surface area contributed by atoms with Crippen LogP contribution >= 0.6 is 0 Å². The van der Waals surface area contributed by atoms with E-state index in [2.05, 4.69) is 0 Å². The lowest BCUT2D eigenvalue weighted by molar-refractivity contribution is 0.104. The molecule has 0 saturated carbocycles. The number of fused-ring (bicyclic) bond motifs is 1. The first-order valence-corrected chi connectivity index (χ1v) is 7.02. The number of methoxy groups -OCH3 is 1. The van der Waals surface area contributed by atoms with Crippen LogP contribution < -0.4 is 14.2 Å². The fraction of sp³-hybridized carbons (Fsp3) is 0.167. The quantitative estimate of drug-likeness (QED) is 0.641. The molecule has 1 aliphatic heterocycles. The van der Waals surface area contributed by atoms with Crippen LogP contribution in [0.3, 0.4) is 0 Å². The van der Waals surface area contributed by atoms with Gasteiger partial charge in [-0.05, 0) is 35.9 Å². The molecule has 0 saturated heterocycles. The van der Waals surface area contributed by atoms with Crippen LogP contribution in [0.25, 0.3) is 6.08 Å². The summed E-state index contributed by atoms with van der Waals surface area (Å²) in [5, 5.41) is 0. The molecule has 0 unspecified atom stereocenters. The van der Waals surface area contributed by atoms with Gasteiger partial charge in [0, 0.05) is 5.56 Å². The Morgan fingerprint density at radius 1 is 1.09 bits per heavy atom. The molecule has 0 aromatic heterocycles. The Morgan fingerprint density at radius 3 is 2.73 bits per heavy atom. The predicted octanol–water partition coefficient (Wildman–Crippen LogP) is 3.36. The van der Waals surface area contributed by atoms with E-state index in [-0.39, 0.29) is 5.78 Å². The Hall–Kier alpha value is -2.75. The number of hydrogen-bond acceptors (Lipinski definition) is 4. The normalized spacial score (nSPS) is 13.1. The Kier molecular flexibility index (Phi) is 4.10. The van der Waals surface area contributed by atoms with Crippen molar-refractivity contribution in [1.82, 2.24) is 0 Å². The van der Waals surface area contributed by atoms with Gasteiger partial charge >= 0.3 is 0 Å². The van der Waals surface area contributed by atoms with Gasteiger partial charge in [-0.3, -0.25) is 4.79 Å². The lowest BCUT2D eigenvalue weighted by Gasteiger charge is -2.18. The van der Waals surface area contributed by atoms with Crippen molar-refractivity contribution in [1.29, 1.82) is 0 Å². The molecule has 0 amide bonds. The van der Waals surface area contributed by atoms with Gasteiger partial charge < -0.3 is 14.2 Å². The van der Waals surface area contributed by atoms with Crippen LogP contribution in [0.2, 0.25) is 0 Å². The molecule has 1 aliphatic rings. The molecule has 2 aromatic carbocycles. The standard InChI is InChI=1S/C18H16O4/c1-20-15-4-2-3-14(12-15)16(19)7-5-13-6-8-17-18(11-13)22-10-9-21-17/h2-8,11-12H,9-10H2,1H3/b7-5+. The minimum Gasteiger partial charge on any atom is -0.497 e. The summed E-state index contributed by atoms with van der Waals surface area (Å²) in [4.78, 5) is 12.2. The first-order chi connectivity index (χ1) is 10.8. The first kappa shape index (κ1) is 14.2. The Labute approximate surface area is 128 Å². The number of hydrogen-bond donors (Lipinski definition) is 0. The van der Waals surface area contributed by atoms with Gasteiger partial charge in [-0.1, -0.05) is 24.3 Å². The number of benzene rings is 2. The molecule has 4 nitrogen and oxygen atoms in total. The molecule has 0 spiro atoms. The summed E-state index contributed by atoms with van der Waals surface area (Å²) in [5.41, 5.74) is 1.48. The average Bonchev–Trinajstić information content (AvgIpc) is 2.59. The molecule has 1 heterocycles. The molecule has 2 aromatic rings. The largest absolute Gasteiger partial charge is 0.497 e.